The van der Waals surface area contributed by atoms with Crippen LogP contribution < -0.4 is 5.56 Å². The summed E-state index contributed by atoms with van der Waals surface area (Å²) in [7, 11) is 1.24. The summed E-state index contributed by atoms with van der Waals surface area (Å²) >= 11 is 0. The van der Waals surface area contributed by atoms with Crippen LogP contribution in [-0.4, -0.2) is 35.8 Å². The number of nitrogens with one attached hydrogen (secondary N) is 1. The molecule has 1 amide bonds. The predicted molar refractivity (Wildman–Crippen MR) is 84.2 cm³/mol. The monoisotopic (exact) mass is 370 g/mol. The van der Waals surface area contributed by atoms with Gasteiger partial charge in [0.15, 0.2) is 17.5 Å². The molecule has 0 bridgehead atoms. The molecule has 1 aromatic heterocycles. The van der Waals surface area contributed by atoms with Gasteiger partial charge < -0.3 is 14.2 Å². The quantitative estimate of drug-likeness (QED) is 0.843. The van der Waals surface area contributed by atoms with E-state index in [0.29, 0.717) is 25.1 Å². The van der Waals surface area contributed by atoms with Gasteiger partial charge in [-0.1, -0.05) is 0 Å². The van der Waals surface area contributed by atoms with Crippen molar-refractivity contribution in [3.05, 3.63) is 57.3 Å². The van der Waals surface area contributed by atoms with Crippen molar-refractivity contribution in [2.45, 2.75) is 31.2 Å². The molecule has 1 N–H and O–H groups in total. The molecule has 0 aliphatic carbocycles. The fraction of sp³-hybridized carbons (Fsp3) is 0.412. The Morgan fingerprint density at radius 1 is 1.31 bits per heavy atom. The second-order valence-electron chi connectivity index (χ2n) is 6.23. The molecule has 0 radical (unpaired) electrons. The number of hydrogen-bond donors (Lipinski definition) is 1. The van der Waals surface area contributed by atoms with Gasteiger partial charge in [0.25, 0.3) is 5.56 Å². The van der Waals surface area contributed by atoms with Crippen LogP contribution in [0, 0.1) is 17.5 Å². The number of piperidine rings is 1. The van der Waals surface area contributed by atoms with Gasteiger partial charge in [0.2, 0.25) is 0 Å². The molecule has 1 aliphatic heterocycles. The van der Waals surface area contributed by atoms with Crippen LogP contribution in [0.2, 0.25) is 0 Å². The van der Waals surface area contributed by atoms with Crippen LogP contribution in [-0.2, 0) is 11.2 Å². The molecule has 2 atom stereocenters. The number of ether oxygens (including phenoxy) is 1. The topological polar surface area (TPSA) is 75.5 Å². The van der Waals surface area contributed by atoms with Crippen LogP contribution in [0.5, 0.6) is 0 Å². The smallest absolute Gasteiger partial charge is 0.409 e. The fourth-order valence-electron chi connectivity index (χ4n) is 3.36. The molecule has 0 unspecified atom stereocenters. The van der Waals surface area contributed by atoms with Gasteiger partial charge in [0, 0.05) is 24.6 Å². The number of nitrogens with zero attached hydrogens (tertiary/aromatic N) is 1. The predicted octanol–water partition coefficient (Wildman–Crippen LogP) is 2.94. The molecule has 0 saturated carbocycles. The molecule has 6 nitrogen and oxygen atoms in total. The van der Waals surface area contributed by atoms with Crippen LogP contribution in [0.1, 0.15) is 30.1 Å². The van der Waals surface area contributed by atoms with Gasteiger partial charge in [-0.05, 0) is 37.0 Å². The highest BCUT2D eigenvalue weighted by Gasteiger charge is 2.34. The van der Waals surface area contributed by atoms with E-state index in [4.69, 9.17) is 9.26 Å². The summed E-state index contributed by atoms with van der Waals surface area (Å²) in [5.74, 6) is -3.78. The van der Waals surface area contributed by atoms with E-state index in [-0.39, 0.29) is 23.5 Å². The van der Waals surface area contributed by atoms with Crippen molar-refractivity contribution < 1.29 is 27.2 Å². The van der Waals surface area contributed by atoms with Crippen molar-refractivity contribution in [3.8, 4) is 0 Å². The summed E-state index contributed by atoms with van der Waals surface area (Å²) in [4.78, 5) is 24.8. The van der Waals surface area contributed by atoms with Crippen molar-refractivity contribution >= 4 is 6.09 Å². The molecule has 26 heavy (non-hydrogen) atoms. The van der Waals surface area contributed by atoms with Crippen LogP contribution in [0.15, 0.2) is 27.5 Å². The minimum atomic E-state index is -1.53. The zero-order chi connectivity index (χ0) is 18.8. The first kappa shape index (κ1) is 18.1. The van der Waals surface area contributed by atoms with Crippen LogP contribution in [0.3, 0.4) is 0 Å². The number of likely N-dealkylation sites (tertiary alicyclic amines) is 1. The third-order valence-corrected chi connectivity index (χ3v) is 4.59. The normalized spacial score (nSPS) is 20.2. The Hall–Kier alpha value is -2.71. The Labute approximate surface area is 146 Å². The van der Waals surface area contributed by atoms with Crippen molar-refractivity contribution in [2.75, 3.05) is 13.7 Å². The Morgan fingerprint density at radius 2 is 2.00 bits per heavy atom. The zero-order valence-electron chi connectivity index (χ0n) is 13.9. The number of aromatic amines is 1. The van der Waals surface area contributed by atoms with Crippen LogP contribution >= 0.6 is 0 Å². The third-order valence-electron chi connectivity index (χ3n) is 4.59. The van der Waals surface area contributed by atoms with Gasteiger partial charge in [-0.3, -0.25) is 4.79 Å². The van der Waals surface area contributed by atoms with Crippen LogP contribution in [0.4, 0.5) is 18.0 Å². The summed E-state index contributed by atoms with van der Waals surface area (Å²) in [5.41, 5.74) is -0.147. The molecular weight excluding hydrogens is 353 g/mol. The molecule has 1 saturated heterocycles. The number of rotatable bonds is 3. The maximum Gasteiger partial charge on any atom is 0.409 e. The molecule has 1 aliphatic rings. The van der Waals surface area contributed by atoms with Gasteiger partial charge in [0.05, 0.1) is 7.11 Å². The van der Waals surface area contributed by atoms with Crippen molar-refractivity contribution in [2.24, 2.45) is 0 Å². The van der Waals surface area contributed by atoms with Gasteiger partial charge in [0.1, 0.15) is 5.76 Å². The molecule has 140 valence electrons. The Bertz CT molecular complexity index is 841. The van der Waals surface area contributed by atoms with E-state index in [1.165, 1.54) is 18.1 Å². The lowest BCUT2D eigenvalue weighted by Gasteiger charge is -2.38. The summed E-state index contributed by atoms with van der Waals surface area (Å²) in [6, 6.07) is 2.71. The average molecular weight is 370 g/mol. The summed E-state index contributed by atoms with van der Waals surface area (Å²) in [6.07, 6.45) is 0.482. The van der Waals surface area contributed by atoms with Crippen molar-refractivity contribution in [1.29, 1.82) is 0 Å². The second-order valence-corrected chi connectivity index (χ2v) is 6.23. The molecule has 3 rings (SSSR count). The highest BCUT2D eigenvalue weighted by Crippen LogP contribution is 2.33. The molecule has 2 heterocycles. The molecule has 0 spiro atoms. The number of carbonyl (C=O) groups is 1. The number of aromatic nitrogens is 1. The number of methoxy groups -OCH3 is 1. The fourth-order valence-corrected chi connectivity index (χ4v) is 3.36. The Kier molecular flexibility index (Phi) is 5.06. The zero-order valence-corrected chi connectivity index (χ0v) is 13.9. The lowest BCUT2D eigenvalue weighted by Crippen LogP contribution is -2.46. The Morgan fingerprint density at radius 3 is 2.58 bits per heavy atom. The highest BCUT2D eigenvalue weighted by molar-refractivity contribution is 5.68. The van der Waals surface area contributed by atoms with Gasteiger partial charge in [-0.15, -0.1) is 0 Å². The van der Waals surface area contributed by atoms with E-state index in [1.54, 1.807) is 0 Å². The first-order valence-electron chi connectivity index (χ1n) is 8.05. The lowest BCUT2D eigenvalue weighted by atomic mass is 9.86. The number of benzene rings is 1. The van der Waals surface area contributed by atoms with Crippen molar-refractivity contribution in [1.82, 2.24) is 10.1 Å². The minimum absolute atomic E-state index is 0.106. The number of carbonyl (C=O) groups excluding carboxylic acids is 1. The number of H-pyrrole nitrogens is 1. The molecule has 2 aromatic rings. The lowest BCUT2D eigenvalue weighted by molar-refractivity contribution is 0.0816. The third kappa shape index (κ3) is 3.61. The molecule has 1 fully saturated rings. The summed E-state index contributed by atoms with van der Waals surface area (Å²) in [6.45, 7) is 0.322. The second kappa shape index (κ2) is 7.27. The maximum atomic E-state index is 13.5. The van der Waals surface area contributed by atoms with Gasteiger partial charge in [-0.25, -0.2) is 18.0 Å². The minimum Gasteiger partial charge on any atom is -0.453 e. The van der Waals surface area contributed by atoms with E-state index in [1.807, 2.05) is 0 Å². The first-order valence-corrected chi connectivity index (χ1v) is 8.05. The van der Waals surface area contributed by atoms with E-state index < -0.39 is 29.6 Å². The Balaban J connectivity index is 1.85. The standard InChI is InChI=1S/C17H17F3N2O4/c1-25-17(24)22-3-2-10(14-8-15(23)21-26-14)7-11(22)4-9-5-12(18)16(20)13(19)6-9/h5-6,8,10-11H,2-4,7H2,1H3,(H,21,23)/t10-,11+/m1/s1. The number of amides is 1. The average Bonchev–Trinajstić information content (AvgIpc) is 3.05. The van der Waals surface area contributed by atoms with E-state index in [2.05, 4.69) is 5.16 Å². The van der Waals surface area contributed by atoms with E-state index in [9.17, 15) is 22.8 Å². The summed E-state index contributed by atoms with van der Waals surface area (Å²) < 4.78 is 50.0. The molecule has 1 aromatic carbocycles. The SMILES string of the molecule is COC(=O)N1CC[C@@H](c2cc(=O)[nH]o2)C[C@@H]1Cc1cc(F)c(F)c(F)c1. The number of halogens is 3. The van der Waals surface area contributed by atoms with Gasteiger partial charge in [-0.2, -0.15) is 5.16 Å². The summed E-state index contributed by atoms with van der Waals surface area (Å²) in [5, 5.41) is 2.22. The van der Waals surface area contributed by atoms with Crippen molar-refractivity contribution in [3.63, 3.8) is 0 Å². The van der Waals surface area contributed by atoms with E-state index in [0.717, 1.165) is 12.1 Å². The molecular formula is C17H17F3N2O4. The van der Waals surface area contributed by atoms with Crippen LogP contribution in [0.25, 0.3) is 0 Å². The van der Waals surface area contributed by atoms with E-state index >= 15 is 0 Å². The first-order chi connectivity index (χ1) is 12.4. The largest absolute Gasteiger partial charge is 0.453 e. The molecule has 9 heteroatoms. The highest BCUT2D eigenvalue weighted by atomic mass is 19.2. The van der Waals surface area contributed by atoms with Gasteiger partial charge >= 0.3 is 6.09 Å². The number of hydrogen-bond acceptors (Lipinski definition) is 4. The maximum absolute atomic E-state index is 13.5.